The molecule has 0 atom stereocenters. The van der Waals surface area contributed by atoms with Gasteiger partial charge in [-0.05, 0) is 49.5 Å². The van der Waals surface area contributed by atoms with Gasteiger partial charge in [0, 0.05) is 0 Å². The van der Waals surface area contributed by atoms with Gasteiger partial charge in [-0.3, -0.25) is 4.79 Å². The number of quaternary nitrogens is 1. The smallest absolute Gasteiger partial charge is 0.231 e. The minimum absolute atomic E-state index is 0.117. The van der Waals surface area contributed by atoms with Gasteiger partial charge in [-0.1, -0.05) is 36.8 Å². The van der Waals surface area contributed by atoms with E-state index in [9.17, 15) is 9.90 Å². The number of carbonyl (C=O) groups excluding carboxylic acids is 1. The number of rotatable bonds is 3. The highest BCUT2D eigenvalue weighted by Gasteiger charge is 2.33. The Hall–Kier alpha value is -2.59. The van der Waals surface area contributed by atoms with Crippen LogP contribution in [-0.2, 0) is 6.54 Å². The Morgan fingerprint density at radius 3 is 2.56 bits per heavy atom. The number of allylic oxidation sites excluding steroid dienone is 1. The van der Waals surface area contributed by atoms with Crippen molar-refractivity contribution < 1.29 is 19.5 Å². The van der Waals surface area contributed by atoms with Crippen LogP contribution in [0, 0.1) is 12.8 Å². The maximum absolute atomic E-state index is 12.8. The summed E-state index contributed by atoms with van der Waals surface area (Å²) in [6.45, 7) is 7.18. The number of carbonyl (C=O) groups is 1. The molecule has 0 amide bonds. The fourth-order valence-electron chi connectivity index (χ4n) is 3.88. The van der Waals surface area contributed by atoms with Gasteiger partial charge < -0.3 is 14.7 Å². The van der Waals surface area contributed by atoms with E-state index in [-0.39, 0.29) is 11.5 Å². The van der Waals surface area contributed by atoms with Crippen LogP contribution in [0.15, 0.2) is 42.2 Å². The second-order valence-electron chi connectivity index (χ2n) is 7.90. The number of hydrogen-bond acceptors (Lipinski definition) is 3. The van der Waals surface area contributed by atoms with E-state index >= 15 is 0 Å². The van der Waals surface area contributed by atoms with Gasteiger partial charge in [-0.25, -0.2) is 0 Å². The summed E-state index contributed by atoms with van der Waals surface area (Å²) in [5.74, 6) is 1.72. The predicted octanol–water partition coefficient (Wildman–Crippen LogP) is 3.13. The van der Waals surface area contributed by atoms with Gasteiger partial charge in [0.2, 0.25) is 5.78 Å². The van der Waals surface area contributed by atoms with Crippen molar-refractivity contribution in [1.82, 2.24) is 0 Å². The van der Waals surface area contributed by atoms with Crippen molar-refractivity contribution in [3.63, 3.8) is 0 Å². The summed E-state index contributed by atoms with van der Waals surface area (Å²) in [5.41, 5.74) is 3.40. The number of benzene rings is 2. The number of aryl methyl sites for hydroxylation is 1. The van der Waals surface area contributed by atoms with E-state index in [4.69, 9.17) is 4.74 Å². The van der Waals surface area contributed by atoms with Crippen LogP contribution in [0.4, 0.5) is 0 Å². The van der Waals surface area contributed by atoms with Crippen LogP contribution in [0.25, 0.3) is 6.08 Å². The zero-order chi connectivity index (χ0) is 19.0. The Bertz CT molecular complexity index is 891. The molecule has 1 saturated heterocycles. The predicted molar refractivity (Wildman–Crippen MR) is 105 cm³/mol. The fourth-order valence-corrected chi connectivity index (χ4v) is 3.88. The summed E-state index contributed by atoms with van der Waals surface area (Å²) in [4.78, 5) is 14.2. The van der Waals surface area contributed by atoms with Crippen LogP contribution in [0.3, 0.4) is 0 Å². The molecule has 0 aliphatic carbocycles. The molecular weight excluding hydrogens is 338 g/mol. The first-order chi connectivity index (χ1) is 13.0. The van der Waals surface area contributed by atoms with Gasteiger partial charge in [0.15, 0.2) is 11.5 Å². The molecule has 140 valence electrons. The third kappa shape index (κ3) is 3.62. The SMILES string of the molecule is Cc1ccc(/C=C2\Oc3c(ccc(O)c3C[NH+]3CCC(C)CC3)C2=O)cc1. The van der Waals surface area contributed by atoms with E-state index in [0.717, 1.165) is 30.1 Å². The fraction of sp³-hybridized carbons (Fsp3) is 0.348. The molecule has 0 saturated carbocycles. The third-order valence-electron chi connectivity index (χ3n) is 5.70. The quantitative estimate of drug-likeness (QED) is 0.823. The van der Waals surface area contributed by atoms with Gasteiger partial charge in [0.05, 0.1) is 24.2 Å². The summed E-state index contributed by atoms with van der Waals surface area (Å²) in [5, 5.41) is 10.4. The molecule has 4 rings (SSSR count). The molecule has 2 aromatic carbocycles. The normalized spacial score (nSPS) is 23.3. The minimum atomic E-state index is -0.117. The van der Waals surface area contributed by atoms with Crippen molar-refractivity contribution in [2.45, 2.75) is 33.2 Å². The molecule has 0 radical (unpaired) electrons. The lowest BCUT2D eigenvalue weighted by Crippen LogP contribution is -3.11. The molecule has 2 aromatic rings. The Labute approximate surface area is 160 Å². The molecule has 0 spiro atoms. The Balaban J connectivity index is 1.61. The van der Waals surface area contributed by atoms with Crippen molar-refractivity contribution in [2.75, 3.05) is 13.1 Å². The highest BCUT2D eigenvalue weighted by Crippen LogP contribution is 2.39. The maximum atomic E-state index is 12.8. The third-order valence-corrected chi connectivity index (χ3v) is 5.70. The topological polar surface area (TPSA) is 51.0 Å². The number of nitrogens with one attached hydrogen (secondary N) is 1. The number of ketones is 1. The van der Waals surface area contributed by atoms with Crippen LogP contribution in [0.2, 0.25) is 0 Å². The molecule has 0 aromatic heterocycles. The largest absolute Gasteiger partial charge is 0.507 e. The van der Waals surface area contributed by atoms with Crippen LogP contribution in [0.5, 0.6) is 11.5 Å². The number of Topliss-reactive ketones (excluding diaryl/α,β-unsaturated/α-hetero) is 1. The van der Waals surface area contributed by atoms with Gasteiger partial charge >= 0.3 is 0 Å². The van der Waals surface area contributed by atoms with E-state index in [0.29, 0.717) is 23.6 Å². The molecule has 1 fully saturated rings. The second kappa shape index (κ2) is 7.20. The van der Waals surface area contributed by atoms with E-state index in [2.05, 4.69) is 6.92 Å². The molecular formula is C23H26NO3+. The first-order valence-electron chi connectivity index (χ1n) is 9.70. The van der Waals surface area contributed by atoms with Gasteiger partial charge in [-0.15, -0.1) is 0 Å². The monoisotopic (exact) mass is 364 g/mol. The number of fused-ring (bicyclic) bond motifs is 1. The molecule has 0 bridgehead atoms. The first kappa shape index (κ1) is 17.8. The molecule has 0 unspecified atom stereocenters. The van der Waals surface area contributed by atoms with E-state index in [1.165, 1.54) is 23.3 Å². The number of ether oxygens (including phenoxy) is 1. The molecule has 27 heavy (non-hydrogen) atoms. The Morgan fingerprint density at radius 2 is 1.85 bits per heavy atom. The number of phenols is 1. The van der Waals surface area contributed by atoms with Crippen LogP contribution >= 0.6 is 0 Å². The van der Waals surface area contributed by atoms with Crippen molar-refractivity contribution >= 4 is 11.9 Å². The van der Waals surface area contributed by atoms with E-state index in [1.807, 2.05) is 31.2 Å². The zero-order valence-electron chi connectivity index (χ0n) is 15.9. The molecule has 2 aliphatic rings. The zero-order valence-corrected chi connectivity index (χ0v) is 15.9. The lowest BCUT2D eigenvalue weighted by Gasteiger charge is -2.27. The van der Waals surface area contributed by atoms with Crippen LogP contribution in [-0.4, -0.2) is 24.0 Å². The molecule has 2 heterocycles. The van der Waals surface area contributed by atoms with Crippen molar-refractivity contribution in [2.24, 2.45) is 5.92 Å². The van der Waals surface area contributed by atoms with Gasteiger partial charge in [-0.2, -0.15) is 0 Å². The molecule has 2 N–H and O–H groups in total. The average Bonchev–Trinajstić information content (AvgIpc) is 2.97. The molecule has 2 aliphatic heterocycles. The summed E-state index contributed by atoms with van der Waals surface area (Å²) < 4.78 is 5.97. The Morgan fingerprint density at radius 1 is 1.15 bits per heavy atom. The van der Waals surface area contributed by atoms with Crippen molar-refractivity contribution in [3.05, 3.63) is 64.4 Å². The second-order valence-corrected chi connectivity index (χ2v) is 7.90. The number of hydrogen-bond donors (Lipinski definition) is 2. The lowest BCUT2D eigenvalue weighted by atomic mass is 9.98. The van der Waals surface area contributed by atoms with Crippen LogP contribution < -0.4 is 9.64 Å². The van der Waals surface area contributed by atoms with E-state index < -0.39 is 0 Å². The first-order valence-corrected chi connectivity index (χ1v) is 9.70. The lowest BCUT2D eigenvalue weighted by molar-refractivity contribution is -0.919. The van der Waals surface area contributed by atoms with Crippen molar-refractivity contribution in [3.8, 4) is 11.5 Å². The Kier molecular flexibility index (Phi) is 4.75. The summed E-state index contributed by atoms with van der Waals surface area (Å²) in [6.07, 6.45) is 4.17. The average molecular weight is 364 g/mol. The number of piperidine rings is 1. The minimum Gasteiger partial charge on any atom is -0.507 e. The highest BCUT2D eigenvalue weighted by atomic mass is 16.5. The maximum Gasteiger partial charge on any atom is 0.231 e. The summed E-state index contributed by atoms with van der Waals surface area (Å²) in [6, 6.07) is 11.3. The summed E-state index contributed by atoms with van der Waals surface area (Å²) >= 11 is 0. The molecule has 4 nitrogen and oxygen atoms in total. The van der Waals surface area contributed by atoms with E-state index in [1.54, 1.807) is 18.2 Å². The number of aromatic hydroxyl groups is 1. The summed E-state index contributed by atoms with van der Waals surface area (Å²) in [7, 11) is 0. The van der Waals surface area contributed by atoms with Crippen LogP contribution in [0.1, 0.15) is 46.8 Å². The van der Waals surface area contributed by atoms with Crippen molar-refractivity contribution in [1.29, 1.82) is 0 Å². The number of phenolic OH excluding ortho intramolecular Hbond substituents is 1. The highest BCUT2D eigenvalue weighted by molar-refractivity contribution is 6.14. The molecule has 4 heteroatoms. The van der Waals surface area contributed by atoms with Gasteiger partial charge in [0.25, 0.3) is 0 Å². The standard InChI is InChI=1S/C23H25NO3/c1-15-3-5-17(6-4-15)13-21-22(26)18-7-8-20(25)19(23(18)27-21)14-24-11-9-16(2)10-12-24/h3-8,13,16,25H,9-12,14H2,1-2H3/p+1/b21-13-. The van der Waals surface area contributed by atoms with Gasteiger partial charge in [0.1, 0.15) is 12.3 Å². The number of likely N-dealkylation sites (tertiary alicyclic amines) is 1.